The molecule has 0 atom stereocenters. The molecule has 1 fully saturated rings. The summed E-state index contributed by atoms with van der Waals surface area (Å²) in [5.41, 5.74) is 0.963. The summed E-state index contributed by atoms with van der Waals surface area (Å²) in [5.74, 6) is 0.954. The van der Waals surface area contributed by atoms with E-state index in [0.717, 1.165) is 36.4 Å². The maximum atomic E-state index is 12.4. The number of ether oxygens (including phenoxy) is 1. The summed E-state index contributed by atoms with van der Waals surface area (Å²) >= 11 is 1.60. The van der Waals surface area contributed by atoms with Crippen molar-refractivity contribution in [1.82, 2.24) is 10.3 Å². The summed E-state index contributed by atoms with van der Waals surface area (Å²) in [6.07, 6.45) is 7.30. The highest BCUT2D eigenvalue weighted by atomic mass is 32.1. The van der Waals surface area contributed by atoms with E-state index in [9.17, 15) is 4.79 Å². The van der Waals surface area contributed by atoms with Crippen LogP contribution >= 0.6 is 11.3 Å². The molecule has 0 unspecified atom stereocenters. The minimum Gasteiger partial charge on any atom is -0.497 e. The molecule has 122 valence electrons. The summed E-state index contributed by atoms with van der Waals surface area (Å²) in [7, 11) is 1.67. The Morgan fingerprint density at radius 2 is 2.04 bits per heavy atom. The smallest absolute Gasteiger partial charge is 0.221 e. The van der Waals surface area contributed by atoms with Gasteiger partial charge in [0, 0.05) is 24.4 Å². The molecule has 1 heterocycles. The molecule has 0 spiro atoms. The van der Waals surface area contributed by atoms with E-state index in [1.807, 2.05) is 17.5 Å². The number of hydrogen-bond donors (Lipinski definition) is 1. The van der Waals surface area contributed by atoms with Crippen molar-refractivity contribution in [2.45, 2.75) is 44.1 Å². The maximum absolute atomic E-state index is 12.4. The molecule has 23 heavy (non-hydrogen) atoms. The van der Waals surface area contributed by atoms with Crippen LogP contribution in [0.15, 0.2) is 35.8 Å². The van der Waals surface area contributed by atoms with E-state index in [1.54, 1.807) is 24.6 Å². The zero-order valence-corrected chi connectivity index (χ0v) is 14.2. The number of rotatable bonds is 6. The molecular formula is C18H22N2O2S. The Morgan fingerprint density at radius 3 is 2.65 bits per heavy atom. The van der Waals surface area contributed by atoms with Gasteiger partial charge in [-0.05, 0) is 30.5 Å². The van der Waals surface area contributed by atoms with Gasteiger partial charge in [0.25, 0.3) is 0 Å². The van der Waals surface area contributed by atoms with Gasteiger partial charge >= 0.3 is 0 Å². The molecule has 1 aromatic heterocycles. The fourth-order valence-corrected chi connectivity index (χ4v) is 3.92. The van der Waals surface area contributed by atoms with Crippen LogP contribution in [0.3, 0.4) is 0 Å². The number of amides is 1. The van der Waals surface area contributed by atoms with Crippen molar-refractivity contribution >= 4 is 17.2 Å². The van der Waals surface area contributed by atoms with Gasteiger partial charge in [-0.1, -0.05) is 25.0 Å². The number of hydrogen-bond acceptors (Lipinski definition) is 4. The Hall–Kier alpha value is -1.88. The number of aromatic nitrogens is 1. The van der Waals surface area contributed by atoms with Crippen LogP contribution in [0.5, 0.6) is 5.75 Å². The number of nitrogens with zero attached hydrogens (tertiary/aromatic N) is 1. The molecule has 0 bridgehead atoms. The van der Waals surface area contributed by atoms with Gasteiger partial charge in [0.05, 0.1) is 17.7 Å². The molecule has 0 aliphatic heterocycles. The molecule has 3 rings (SSSR count). The fraction of sp³-hybridized carbons (Fsp3) is 0.444. The first-order valence-corrected chi connectivity index (χ1v) is 8.94. The van der Waals surface area contributed by atoms with Crippen LogP contribution in [0.2, 0.25) is 0 Å². The van der Waals surface area contributed by atoms with Crippen molar-refractivity contribution in [1.29, 1.82) is 0 Å². The molecule has 1 saturated carbocycles. The van der Waals surface area contributed by atoms with E-state index in [2.05, 4.69) is 22.4 Å². The lowest BCUT2D eigenvalue weighted by atomic mass is 9.88. The second kappa shape index (κ2) is 7.13. The molecule has 1 aliphatic rings. The minimum absolute atomic E-state index is 0.109. The normalized spacial score (nSPS) is 16.2. The summed E-state index contributed by atoms with van der Waals surface area (Å²) in [4.78, 5) is 16.7. The van der Waals surface area contributed by atoms with Crippen LogP contribution < -0.4 is 10.1 Å². The molecule has 5 heteroatoms. The highest BCUT2D eigenvalue weighted by Crippen LogP contribution is 2.39. The Kier molecular flexibility index (Phi) is 4.96. The second-order valence-electron chi connectivity index (χ2n) is 5.99. The van der Waals surface area contributed by atoms with Crippen LogP contribution in [0, 0.1) is 0 Å². The summed E-state index contributed by atoms with van der Waals surface area (Å²) in [6, 6.07) is 8.09. The first kappa shape index (κ1) is 16.0. The highest BCUT2D eigenvalue weighted by Gasteiger charge is 2.36. The van der Waals surface area contributed by atoms with Crippen LogP contribution in [0.1, 0.15) is 42.7 Å². The van der Waals surface area contributed by atoms with E-state index in [4.69, 9.17) is 4.74 Å². The zero-order chi connectivity index (χ0) is 16.1. The van der Waals surface area contributed by atoms with Gasteiger partial charge in [0.1, 0.15) is 5.75 Å². The van der Waals surface area contributed by atoms with Gasteiger partial charge in [0.15, 0.2) is 0 Å². The second-order valence-corrected chi connectivity index (χ2v) is 6.97. The van der Waals surface area contributed by atoms with E-state index in [0.29, 0.717) is 12.8 Å². The van der Waals surface area contributed by atoms with Gasteiger partial charge < -0.3 is 10.1 Å². The van der Waals surface area contributed by atoms with Crippen molar-refractivity contribution in [3.8, 4) is 5.75 Å². The van der Waals surface area contributed by atoms with Crippen molar-refractivity contribution in [3.63, 3.8) is 0 Å². The SMILES string of the molecule is COc1ccc(C2(NC(=O)CCc3nccs3)CCCC2)cc1. The molecule has 0 saturated heterocycles. The molecule has 2 aromatic rings. The van der Waals surface area contributed by atoms with E-state index < -0.39 is 0 Å². The lowest BCUT2D eigenvalue weighted by molar-refractivity contribution is -0.123. The van der Waals surface area contributed by atoms with Gasteiger partial charge in [-0.15, -0.1) is 11.3 Å². The standard InChI is InChI=1S/C18H22N2O2S/c1-22-15-6-4-14(5-7-15)18(10-2-3-11-18)20-16(21)8-9-17-19-12-13-23-17/h4-7,12-13H,2-3,8-11H2,1H3,(H,20,21). The largest absolute Gasteiger partial charge is 0.497 e. The Bertz CT molecular complexity index is 632. The molecule has 1 aromatic carbocycles. The van der Waals surface area contributed by atoms with Crippen molar-refractivity contribution < 1.29 is 9.53 Å². The quantitative estimate of drug-likeness (QED) is 0.879. The Labute approximate surface area is 140 Å². The molecule has 1 amide bonds. The van der Waals surface area contributed by atoms with Crippen LogP contribution in [-0.4, -0.2) is 18.0 Å². The highest BCUT2D eigenvalue weighted by molar-refractivity contribution is 7.09. The van der Waals surface area contributed by atoms with Gasteiger partial charge in [-0.2, -0.15) is 0 Å². The third-order valence-electron chi connectivity index (χ3n) is 4.53. The van der Waals surface area contributed by atoms with E-state index in [1.165, 1.54) is 5.56 Å². The topological polar surface area (TPSA) is 51.2 Å². The predicted octanol–water partition coefficient (Wildman–Crippen LogP) is 3.67. The van der Waals surface area contributed by atoms with Gasteiger partial charge in [-0.3, -0.25) is 4.79 Å². The van der Waals surface area contributed by atoms with Gasteiger partial charge in [0.2, 0.25) is 5.91 Å². The number of carbonyl (C=O) groups is 1. The molecule has 0 radical (unpaired) electrons. The third kappa shape index (κ3) is 3.72. The Balaban J connectivity index is 1.68. The Morgan fingerprint density at radius 1 is 1.30 bits per heavy atom. The lowest BCUT2D eigenvalue weighted by Crippen LogP contribution is -2.43. The molecular weight excluding hydrogens is 308 g/mol. The molecule has 1 aliphatic carbocycles. The first-order valence-electron chi connectivity index (χ1n) is 8.06. The van der Waals surface area contributed by atoms with Gasteiger partial charge in [-0.25, -0.2) is 4.98 Å². The number of carbonyl (C=O) groups excluding carboxylic acids is 1. The number of aryl methyl sites for hydroxylation is 1. The monoisotopic (exact) mass is 330 g/mol. The number of nitrogens with one attached hydrogen (secondary N) is 1. The average Bonchev–Trinajstić information content (AvgIpc) is 3.25. The average molecular weight is 330 g/mol. The van der Waals surface area contributed by atoms with Crippen molar-refractivity contribution in [2.24, 2.45) is 0 Å². The summed E-state index contributed by atoms with van der Waals surface area (Å²) < 4.78 is 5.23. The predicted molar refractivity (Wildman–Crippen MR) is 91.7 cm³/mol. The minimum atomic E-state index is -0.216. The number of thiazole rings is 1. The van der Waals surface area contributed by atoms with Crippen LogP contribution in [0.4, 0.5) is 0 Å². The van der Waals surface area contributed by atoms with Crippen LogP contribution in [0.25, 0.3) is 0 Å². The first-order chi connectivity index (χ1) is 11.2. The number of methoxy groups -OCH3 is 1. The molecule has 4 nitrogen and oxygen atoms in total. The van der Waals surface area contributed by atoms with Crippen molar-refractivity contribution in [2.75, 3.05) is 7.11 Å². The fourth-order valence-electron chi connectivity index (χ4n) is 3.30. The van der Waals surface area contributed by atoms with E-state index >= 15 is 0 Å². The van der Waals surface area contributed by atoms with Crippen molar-refractivity contribution in [3.05, 3.63) is 46.4 Å². The van der Waals surface area contributed by atoms with Crippen LogP contribution in [-0.2, 0) is 16.8 Å². The summed E-state index contributed by atoms with van der Waals surface area (Å²) in [6.45, 7) is 0. The maximum Gasteiger partial charge on any atom is 0.221 e. The molecule has 1 N–H and O–H groups in total. The number of benzene rings is 1. The third-order valence-corrected chi connectivity index (χ3v) is 5.37. The van der Waals surface area contributed by atoms with E-state index in [-0.39, 0.29) is 11.4 Å². The lowest BCUT2D eigenvalue weighted by Gasteiger charge is -2.31. The zero-order valence-electron chi connectivity index (χ0n) is 13.4. The summed E-state index contributed by atoms with van der Waals surface area (Å²) in [5, 5.41) is 6.27.